The molecule has 1 amide bonds. The molecular weight excluding hydrogens is 330 g/mol. The van der Waals surface area contributed by atoms with Gasteiger partial charge in [0.1, 0.15) is 11.9 Å². The number of nitro groups is 1. The number of amides is 1. The minimum atomic E-state index is -1.19. The number of carbonyl (C=O) groups excluding carboxylic acids is 1. The fraction of sp³-hybridized carbons (Fsp3) is 0.231. The first-order valence-electron chi connectivity index (χ1n) is 6.14. The summed E-state index contributed by atoms with van der Waals surface area (Å²) in [7, 11) is 0. The van der Waals surface area contributed by atoms with Gasteiger partial charge in [-0.05, 0) is 49.4 Å². The van der Waals surface area contributed by atoms with E-state index in [1.807, 2.05) is 0 Å². The van der Waals surface area contributed by atoms with Crippen LogP contribution >= 0.6 is 22.9 Å². The largest absolute Gasteiger partial charge is 0.478 e. The van der Waals surface area contributed by atoms with Crippen LogP contribution < -0.4 is 10.1 Å². The minimum Gasteiger partial charge on any atom is -0.478 e. The van der Waals surface area contributed by atoms with E-state index in [1.54, 1.807) is 38.1 Å². The normalized spacial score (nSPS) is 11.0. The lowest BCUT2D eigenvalue weighted by atomic mass is 10.1. The van der Waals surface area contributed by atoms with Gasteiger partial charge in [-0.3, -0.25) is 20.2 Å². The Labute approximate surface area is 135 Å². The van der Waals surface area contributed by atoms with E-state index in [4.69, 9.17) is 16.3 Å². The summed E-state index contributed by atoms with van der Waals surface area (Å²) in [6, 6.07) is 6.58. The number of carbonyl (C=O) groups is 1. The van der Waals surface area contributed by atoms with Gasteiger partial charge in [0, 0.05) is 5.02 Å². The summed E-state index contributed by atoms with van der Waals surface area (Å²) in [5.41, 5.74) is -1.19. The van der Waals surface area contributed by atoms with Crippen molar-refractivity contribution in [3.63, 3.8) is 0 Å². The Morgan fingerprint density at radius 3 is 2.59 bits per heavy atom. The quantitative estimate of drug-likeness (QED) is 0.663. The molecule has 9 heteroatoms. The van der Waals surface area contributed by atoms with Gasteiger partial charge in [-0.25, -0.2) is 4.98 Å². The van der Waals surface area contributed by atoms with Crippen molar-refractivity contribution >= 4 is 39.0 Å². The summed E-state index contributed by atoms with van der Waals surface area (Å²) in [6.45, 7) is 3.16. The molecule has 1 aromatic carbocycles. The molecule has 0 saturated carbocycles. The predicted molar refractivity (Wildman–Crippen MR) is 83.6 cm³/mol. The second-order valence-corrected chi connectivity index (χ2v) is 6.23. The van der Waals surface area contributed by atoms with Gasteiger partial charge in [0.05, 0.1) is 4.92 Å². The second-order valence-electron chi connectivity index (χ2n) is 4.78. The highest BCUT2D eigenvalue weighted by atomic mass is 35.5. The maximum absolute atomic E-state index is 12.2. The molecule has 2 aromatic rings. The molecule has 22 heavy (non-hydrogen) atoms. The maximum Gasteiger partial charge on any atom is 0.345 e. The summed E-state index contributed by atoms with van der Waals surface area (Å²) < 4.78 is 5.62. The van der Waals surface area contributed by atoms with Gasteiger partial charge in [-0.15, -0.1) is 0 Å². The average Bonchev–Trinajstić information content (AvgIpc) is 2.90. The number of nitrogens with one attached hydrogen (secondary N) is 1. The molecule has 0 radical (unpaired) electrons. The zero-order chi connectivity index (χ0) is 16.3. The molecule has 1 aromatic heterocycles. The number of hydrogen-bond acceptors (Lipinski definition) is 6. The summed E-state index contributed by atoms with van der Waals surface area (Å²) in [5.74, 6) is 0.0152. The summed E-state index contributed by atoms with van der Waals surface area (Å²) in [5, 5.41) is 13.7. The van der Waals surface area contributed by atoms with E-state index in [2.05, 4.69) is 10.3 Å². The summed E-state index contributed by atoms with van der Waals surface area (Å²) in [6.07, 6.45) is 1.09. The Morgan fingerprint density at radius 2 is 2.05 bits per heavy atom. The van der Waals surface area contributed by atoms with E-state index in [9.17, 15) is 14.9 Å². The molecule has 1 heterocycles. The molecule has 0 atom stereocenters. The number of aromatic nitrogens is 1. The molecule has 0 saturated heterocycles. The van der Waals surface area contributed by atoms with Crippen LogP contribution in [0.15, 0.2) is 30.5 Å². The van der Waals surface area contributed by atoms with Crippen LogP contribution in [0, 0.1) is 10.1 Å². The van der Waals surface area contributed by atoms with Crippen LogP contribution in [0.5, 0.6) is 5.75 Å². The SMILES string of the molecule is CC(C)(Oc1ccc(Cl)cc1)C(=O)Nc1ncc([N+](=O)[O-])s1. The lowest BCUT2D eigenvalue weighted by Crippen LogP contribution is -2.42. The van der Waals surface area contributed by atoms with Crippen molar-refractivity contribution in [2.75, 3.05) is 5.32 Å². The summed E-state index contributed by atoms with van der Waals surface area (Å²) in [4.78, 5) is 26.0. The van der Waals surface area contributed by atoms with Gasteiger partial charge in [0.2, 0.25) is 0 Å². The van der Waals surface area contributed by atoms with E-state index in [0.29, 0.717) is 10.8 Å². The third-order valence-corrected chi connectivity index (χ3v) is 3.74. The number of halogens is 1. The lowest BCUT2D eigenvalue weighted by molar-refractivity contribution is -0.380. The maximum atomic E-state index is 12.2. The Balaban J connectivity index is 2.05. The summed E-state index contributed by atoms with van der Waals surface area (Å²) >= 11 is 6.56. The molecule has 0 unspecified atom stereocenters. The first-order chi connectivity index (χ1) is 10.3. The van der Waals surface area contributed by atoms with Crippen molar-refractivity contribution in [3.05, 3.63) is 45.6 Å². The van der Waals surface area contributed by atoms with E-state index in [0.717, 1.165) is 17.5 Å². The first kappa shape index (κ1) is 16.2. The van der Waals surface area contributed by atoms with Crippen molar-refractivity contribution in [2.24, 2.45) is 0 Å². The third kappa shape index (κ3) is 3.92. The molecular formula is C13H12ClN3O4S. The fourth-order valence-electron chi connectivity index (χ4n) is 1.50. The van der Waals surface area contributed by atoms with Crippen LogP contribution in [-0.2, 0) is 4.79 Å². The van der Waals surface area contributed by atoms with Crippen molar-refractivity contribution in [3.8, 4) is 5.75 Å². The standard InChI is InChI=1S/C13H12ClN3O4S/c1-13(2,21-9-5-3-8(14)4-6-9)11(18)16-12-15-7-10(22-12)17(19)20/h3-7H,1-2H3,(H,15,16,18). The molecule has 116 valence electrons. The molecule has 0 aliphatic carbocycles. The number of ether oxygens (including phenoxy) is 1. The van der Waals surface area contributed by atoms with Crippen molar-refractivity contribution in [1.29, 1.82) is 0 Å². The van der Waals surface area contributed by atoms with Gasteiger partial charge in [0.15, 0.2) is 10.7 Å². The zero-order valence-electron chi connectivity index (χ0n) is 11.7. The molecule has 7 nitrogen and oxygen atoms in total. The Morgan fingerprint density at radius 1 is 1.41 bits per heavy atom. The van der Waals surface area contributed by atoms with Crippen LogP contribution in [0.3, 0.4) is 0 Å². The highest BCUT2D eigenvalue weighted by Crippen LogP contribution is 2.27. The van der Waals surface area contributed by atoms with Crippen LogP contribution in [-0.4, -0.2) is 21.4 Å². The molecule has 0 aliphatic heterocycles. The predicted octanol–water partition coefficient (Wildman–Crippen LogP) is 3.50. The molecule has 0 fully saturated rings. The molecule has 0 aliphatic rings. The molecule has 0 spiro atoms. The Kier molecular flexibility index (Phi) is 4.62. The van der Waals surface area contributed by atoms with E-state index < -0.39 is 16.4 Å². The highest BCUT2D eigenvalue weighted by molar-refractivity contribution is 7.18. The molecule has 1 N–H and O–H groups in total. The van der Waals surface area contributed by atoms with Crippen LogP contribution in [0.25, 0.3) is 0 Å². The lowest BCUT2D eigenvalue weighted by Gasteiger charge is -2.24. The van der Waals surface area contributed by atoms with Gasteiger partial charge < -0.3 is 4.74 Å². The Bertz CT molecular complexity index is 700. The second kappa shape index (κ2) is 6.29. The first-order valence-corrected chi connectivity index (χ1v) is 7.33. The third-order valence-electron chi connectivity index (χ3n) is 2.63. The van der Waals surface area contributed by atoms with E-state index in [1.165, 1.54) is 0 Å². The fourth-order valence-corrected chi connectivity index (χ4v) is 2.25. The number of rotatable bonds is 5. The monoisotopic (exact) mass is 341 g/mol. The number of nitrogens with zero attached hydrogens (tertiary/aromatic N) is 2. The van der Waals surface area contributed by atoms with Crippen molar-refractivity contribution < 1.29 is 14.5 Å². The number of anilines is 1. The molecule has 2 rings (SSSR count). The highest BCUT2D eigenvalue weighted by Gasteiger charge is 2.31. The average molecular weight is 342 g/mol. The van der Waals surface area contributed by atoms with Crippen molar-refractivity contribution in [1.82, 2.24) is 4.98 Å². The smallest absolute Gasteiger partial charge is 0.345 e. The number of hydrogen-bond donors (Lipinski definition) is 1. The number of thiazole rings is 1. The topological polar surface area (TPSA) is 94.4 Å². The van der Waals surface area contributed by atoms with Gasteiger partial charge in [0.25, 0.3) is 5.91 Å². The Hall–Kier alpha value is -2.19. The van der Waals surface area contributed by atoms with E-state index >= 15 is 0 Å². The van der Waals surface area contributed by atoms with Crippen LogP contribution in [0.1, 0.15) is 13.8 Å². The zero-order valence-corrected chi connectivity index (χ0v) is 13.3. The van der Waals surface area contributed by atoms with Crippen molar-refractivity contribution in [2.45, 2.75) is 19.4 Å². The van der Waals surface area contributed by atoms with Gasteiger partial charge in [-0.2, -0.15) is 0 Å². The minimum absolute atomic E-state index is 0.143. The van der Waals surface area contributed by atoms with Crippen LogP contribution in [0.2, 0.25) is 5.02 Å². The number of benzene rings is 1. The molecule has 0 bridgehead atoms. The van der Waals surface area contributed by atoms with Crippen LogP contribution in [0.4, 0.5) is 10.1 Å². The van der Waals surface area contributed by atoms with E-state index in [-0.39, 0.29) is 10.1 Å². The van der Waals surface area contributed by atoms with Gasteiger partial charge >= 0.3 is 5.00 Å². The van der Waals surface area contributed by atoms with Gasteiger partial charge in [-0.1, -0.05) is 11.6 Å².